The summed E-state index contributed by atoms with van der Waals surface area (Å²) in [6.45, 7) is 6.27. The molecular formula is C25H32N6O3. The van der Waals surface area contributed by atoms with Gasteiger partial charge >= 0.3 is 0 Å². The molecule has 0 amide bonds. The number of fused-ring (bicyclic) bond motifs is 1. The number of nitrogens with one attached hydrogen (secondary N) is 1. The number of aryl methyl sites for hydroxylation is 1. The average molecular weight is 465 g/mol. The van der Waals surface area contributed by atoms with Gasteiger partial charge in [0.25, 0.3) is 0 Å². The fourth-order valence-corrected chi connectivity index (χ4v) is 4.79. The Morgan fingerprint density at radius 1 is 1.21 bits per heavy atom. The minimum Gasteiger partial charge on any atom is -0.492 e. The van der Waals surface area contributed by atoms with Gasteiger partial charge in [-0.1, -0.05) is 18.9 Å². The van der Waals surface area contributed by atoms with Crippen molar-refractivity contribution in [2.75, 3.05) is 16.8 Å². The molecule has 2 aliphatic rings. The van der Waals surface area contributed by atoms with Gasteiger partial charge in [-0.3, -0.25) is 4.68 Å². The van der Waals surface area contributed by atoms with Gasteiger partial charge in [-0.15, -0.1) is 0 Å². The number of nitrogens with zero attached hydrogens (tertiary/aromatic N) is 5. The van der Waals surface area contributed by atoms with Crippen molar-refractivity contribution in [3.63, 3.8) is 0 Å². The van der Waals surface area contributed by atoms with Crippen LogP contribution in [0.4, 0.5) is 17.5 Å². The second kappa shape index (κ2) is 8.79. The molecule has 3 aromatic rings. The molecule has 1 fully saturated rings. The van der Waals surface area contributed by atoms with Gasteiger partial charge < -0.3 is 24.8 Å². The highest BCUT2D eigenvalue weighted by atomic mass is 16.5. The van der Waals surface area contributed by atoms with E-state index < -0.39 is 11.8 Å². The highest BCUT2D eigenvalue weighted by Crippen LogP contribution is 2.43. The van der Waals surface area contributed by atoms with Crippen LogP contribution in [0.1, 0.15) is 46.5 Å². The van der Waals surface area contributed by atoms with Crippen LogP contribution >= 0.6 is 0 Å². The molecular weight excluding hydrogens is 432 g/mol. The predicted molar refractivity (Wildman–Crippen MR) is 131 cm³/mol. The van der Waals surface area contributed by atoms with Crippen molar-refractivity contribution in [3.05, 3.63) is 36.8 Å². The average Bonchev–Trinajstić information content (AvgIpc) is 3.48. The molecule has 0 bridgehead atoms. The lowest BCUT2D eigenvalue weighted by atomic mass is 10.0. The number of aliphatic hydroxyl groups excluding tert-OH is 1. The van der Waals surface area contributed by atoms with Gasteiger partial charge in [0.1, 0.15) is 11.4 Å². The van der Waals surface area contributed by atoms with E-state index in [1.807, 2.05) is 63.3 Å². The van der Waals surface area contributed by atoms with Gasteiger partial charge in [-0.2, -0.15) is 10.1 Å². The van der Waals surface area contributed by atoms with Crippen LogP contribution < -0.4 is 19.7 Å². The Hall–Kier alpha value is -3.33. The maximum absolute atomic E-state index is 11.1. The Bertz CT molecular complexity index is 1170. The van der Waals surface area contributed by atoms with Crippen LogP contribution in [0.5, 0.6) is 11.5 Å². The van der Waals surface area contributed by atoms with Crippen molar-refractivity contribution >= 4 is 17.5 Å². The van der Waals surface area contributed by atoms with Gasteiger partial charge in [0.2, 0.25) is 5.95 Å². The molecule has 1 unspecified atom stereocenters. The first-order chi connectivity index (χ1) is 16.4. The van der Waals surface area contributed by atoms with E-state index in [9.17, 15) is 5.11 Å². The monoisotopic (exact) mass is 464 g/mol. The number of anilines is 3. The molecule has 0 radical (unpaired) electrons. The second-order valence-electron chi connectivity index (χ2n) is 9.48. The van der Waals surface area contributed by atoms with Crippen molar-refractivity contribution in [2.24, 2.45) is 7.05 Å². The number of rotatable bonds is 6. The van der Waals surface area contributed by atoms with E-state index in [1.165, 1.54) is 0 Å². The van der Waals surface area contributed by atoms with Gasteiger partial charge in [0.15, 0.2) is 17.8 Å². The van der Waals surface area contributed by atoms with Gasteiger partial charge in [-0.25, -0.2) is 4.98 Å². The number of hydrogen-bond acceptors (Lipinski definition) is 8. The highest BCUT2D eigenvalue weighted by Gasteiger charge is 2.45. The lowest BCUT2D eigenvalue weighted by molar-refractivity contribution is -0.0459. The SMILES string of the molecule is CCOc1cc(-c2cnn(C)c2)ccc1Nc1ncc2c(n1)N(C1CCCC1)C(O)C(C)(C)O2. The maximum atomic E-state index is 11.1. The molecule has 2 N–H and O–H groups in total. The first kappa shape index (κ1) is 22.5. The van der Waals surface area contributed by atoms with Crippen LogP contribution in [-0.4, -0.2) is 49.3 Å². The summed E-state index contributed by atoms with van der Waals surface area (Å²) < 4.78 is 13.8. The lowest BCUT2D eigenvalue weighted by Gasteiger charge is -2.46. The summed E-state index contributed by atoms with van der Waals surface area (Å²) in [5.74, 6) is 2.34. The summed E-state index contributed by atoms with van der Waals surface area (Å²) >= 11 is 0. The van der Waals surface area contributed by atoms with Crippen molar-refractivity contribution in [3.8, 4) is 22.6 Å². The highest BCUT2D eigenvalue weighted by molar-refractivity contribution is 5.72. The van der Waals surface area contributed by atoms with E-state index in [2.05, 4.69) is 15.4 Å². The van der Waals surface area contributed by atoms with Crippen molar-refractivity contribution < 1.29 is 14.6 Å². The zero-order valence-corrected chi connectivity index (χ0v) is 20.2. The molecule has 1 saturated carbocycles. The molecule has 1 aliphatic carbocycles. The molecule has 1 aliphatic heterocycles. The van der Waals surface area contributed by atoms with Crippen molar-refractivity contribution in [1.29, 1.82) is 0 Å². The summed E-state index contributed by atoms with van der Waals surface area (Å²) in [5.41, 5.74) is 2.04. The van der Waals surface area contributed by atoms with Gasteiger partial charge in [-0.05, 0) is 51.3 Å². The third-order valence-corrected chi connectivity index (χ3v) is 6.52. The van der Waals surface area contributed by atoms with Gasteiger partial charge in [0, 0.05) is 24.8 Å². The van der Waals surface area contributed by atoms with Gasteiger partial charge in [0.05, 0.1) is 24.7 Å². The molecule has 1 aromatic carbocycles. The van der Waals surface area contributed by atoms with E-state index >= 15 is 0 Å². The second-order valence-corrected chi connectivity index (χ2v) is 9.48. The van der Waals surface area contributed by atoms with Crippen LogP contribution in [-0.2, 0) is 7.05 Å². The van der Waals surface area contributed by atoms with Crippen LogP contribution in [0.2, 0.25) is 0 Å². The molecule has 0 spiro atoms. The standard InChI is InChI=1S/C25H32N6O3/c1-5-33-20-12-16(17-13-27-30(4)15-17)10-11-19(20)28-24-26-14-21-22(29-24)31(18-8-6-7-9-18)23(32)25(2,3)34-21/h10-15,18,23,32H,5-9H2,1-4H3,(H,26,28,29). The maximum Gasteiger partial charge on any atom is 0.229 e. The summed E-state index contributed by atoms with van der Waals surface area (Å²) in [5, 5.41) is 18.7. The van der Waals surface area contributed by atoms with E-state index in [4.69, 9.17) is 14.5 Å². The Labute approximate surface area is 199 Å². The first-order valence-corrected chi connectivity index (χ1v) is 11.9. The Morgan fingerprint density at radius 3 is 2.71 bits per heavy atom. The third-order valence-electron chi connectivity index (χ3n) is 6.52. The predicted octanol–water partition coefficient (Wildman–Crippen LogP) is 4.26. The molecule has 34 heavy (non-hydrogen) atoms. The topological polar surface area (TPSA) is 97.6 Å². The molecule has 0 saturated heterocycles. The van der Waals surface area contributed by atoms with E-state index in [1.54, 1.807) is 10.9 Å². The molecule has 9 heteroatoms. The Kier molecular flexibility index (Phi) is 5.81. The van der Waals surface area contributed by atoms with Crippen molar-refractivity contribution in [2.45, 2.75) is 64.3 Å². The minimum absolute atomic E-state index is 0.234. The van der Waals surface area contributed by atoms with E-state index in [0.717, 1.165) is 42.5 Å². The van der Waals surface area contributed by atoms with Crippen LogP contribution in [0.3, 0.4) is 0 Å². The smallest absolute Gasteiger partial charge is 0.229 e. The molecule has 180 valence electrons. The lowest BCUT2D eigenvalue weighted by Crippen LogP contribution is -2.59. The summed E-state index contributed by atoms with van der Waals surface area (Å²) in [6, 6.07) is 6.19. The number of benzene rings is 1. The molecule has 5 rings (SSSR count). The number of hydrogen-bond donors (Lipinski definition) is 2. The van der Waals surface area contributed by atoms with E-state index in [0.29, 0.717) is 29.9 Å². The Balaban J connectivity index is 1.47. The molecule has 9 nitrogen and oxygen atoms in total. The zero-order chi connectivity index (χ0) is 23.9. The number of aliphatic hydroxyl groups is 1. The van der Waals surface area contributed by atoms with Crippen molar-refractivity contribution in [1.82, 2.24) is 19.7 Å². The normalized spacial score (nSPS) is 19.6. The third kappa shape index (κ3) is 4.16. The minimum atomic E-state index is -0.788. The quantitative estimate of drug-likeness (QED) is 0.559. The summed E-state index contributed by atoms with van der Waals surface area (Å²) in [4.78, 5) is 11.3. The molecule has 1 atom stereocenters. The van der Waals surface area contributed by atoms with E-state index in [-0.39, 0.29) is 6.04 Å². The number of aromatic nitrogens is 4. The summed E-state index contributed by atoms with van der Waals surface area (Å²) in [6.07, 6.45) is 9.06. The Morgan fingerprint density at radius 2 is 2.00 bits per heavy atom. The largest absolute Gasteiger partial charge is 0.492 e. The zero-order valence-electron chi connectivity index (χ0n) is 20.2. The number of ether oxygens (including phenoxy) is 2. The first-order valence-electron chi connectivity index (χ1n) is 11.9. The fourth-order valence-electron chi connectivity index (χ4n) is 4.79. The van der Waals surface area contributed by atoms with Crippen LogP contribution in [0, 0.1) is 0 Å². The van der Waals surface area contributed by atoms with Crippen LogP contribution in [0.25, 0.3) is 11.1 Å². The van der Waals surface area contributed by atoms with Crippen LogP contribution in [0.15, 0.2) is 36.8 Å². The fraction of sp³-hybridized carbons (Fsp3) is 0.480. The molecule has 2 aromatic heterocycles. The summed E-state index contributed by atoms with van der Waals surface area (Å²) in [7, 11) is 1.90. The molecule has 3 heterocycles.